The van der Waals surface area contributed by atoms with Gasteiger partial charge in [-0.1, -0.05) is 6.92 Å². The van der Waals surface area contributed by atoms with Crippen molar-refractivity contribution < 1.29 is 0 Å². The van der Waals surface area contributed by atoms with Crippen molar-refractivity contribution in [1.29, 1.82) is 5.26 Å². The maximum atomic E-state index is 8.86. The Hall–Kier alpha value is -1.79. The van der Waals surface area contributed by atoms with Crippen molar-refractivity contribution in [2.45, 2.75) is 26.3 Å². The van der Waals surface area contributed by atoms with E-state index in [0.717, 1.165) is 30.6 Å². The van der Waals surface area contributed by atoms with Crippen LogP contribution in [-0.2, 0) is 6.54 Å². The fraction of sp³-hybridized carbons (Fsp3) is 0.400. The van der Waals surface area contributed by atoms with Gasteiger partial charge >= 0.3 is 0 Å². The van der Waals surface area contributed by atoms with E-state index in [4.69, 9.17) is 5.26 Å². The Kier molecular flexibility index (Phi) is 4.38. The molecule has 0 aliphatic heterocycles. The van der Waals surface area contributed by atoms with Crippen molar-refractivity contribution in [3.63, 3.8) is 0 Å². The summed E-state index contributed by atoms with van der Waals surface area (Å²) in [5, 5.41) is 13.4. The van der Waals surface area contributed by atoms with Crippen LogP contribution in [0.1, 0.15) is 25.3 Å². The second kappa shape index (κ2) is 6.23. The fourth-order valence-corrected chi connectivity index (χ4v) is 2.17. The number of aromatic nitrogens is 1. The van der Waals surface area contributed by atoms with E-state index < -0.39 is 0 Å². The minimum atomic E-state index is 0.729. The quantitative estimate of drug-likeness (QED) is 0.790. The average Bonchev–Trinajstić information content (AvgIpc) is 2.81. The van der Waals surface area contributed by atoms with Crippen LogP contribution in [0.25, 0.3) is 10.9 Å². The standard InChI is InChI=1S/C15H19N3/c1-2-17-8-3-4-9-18-10-7-14-11-13(12-16)5-6-15(14)18/h5-7,10-11,17H,2-4,8-9H2,1H3. The molecule has 0 spiro atoms. The van der Waals surface area contributed by atoms with Crippen LogP contribution >= 0.6 is 0 Å². The van der Waals surface area contributed by atoms with Crippen LogP contribution in [-0.4, -0.2) is 17.7 Å². The second-order valence-corrected chi connectivity index (χ2v) is 4.46. The number of fused-ring (bicyclic) bond motifs is 1. The number of hydrogen-bond acceptors (Lipinski definition) is 2. The van der Waals surface area contributed by atoms with Gasteiger partial charge in [0.15, 0.2) is 0 Å². The Morgan fingerprint density at radius 3 is 2.94 bits per heavy atom. The molecular formula is C15H19N3. The Labute approximate surface area is 108 Å². The molecule has 1 aromatic heterocycles. The molecule has 0 aliphatic carbocycles. The lowest BCUT2D eigenvalue weighted by molar-refractivity contribution is 0.586. The molecule has 3 heteroatoms. The number of rotatable bonds is 6. The molecule has 3 nitrogen and oxygen atoms in total. The number of nitrogens with zero attached hydrogens (tertiary/aromatic N) is 2. The van der Waals surface area contributed by atoms with Crippen LogP contribution in [0.15, 0.2) is 30.5 Å². The van der Waals surface area contributed by atoms with Gasteiger partial charge < -0.3 is 9.88 Å². The molecule has 0 atom stereocenters. The molecule has 0 radical (unpaired) electrons. The summed E-state index contributed by atoms with van der Waals surface area (Å²) >= 11 is 0. The van der Waals surface area contributed by atoms with Gasteiger partial charge in [0.05, 0.1) is 11.6 Å². The molecule has 0 unspecified atom stereocenters. The molecule has 0 saturated carbocycles. The van der Waals surface area contributed by atoms with E-state index in [1.54, 1.807) is 0 Å². The van der Waals surface area contributed by atoms with Crippen LogP contribution in [0, 0.1) is 11.3 Å². The molecule has 0 saturated heterocycles. The first-order chi connectivity index (χ1) is 8.85. The van der Waals surface area contributed by atoms with Gasteiger partial charge in [0.2, 0.25) is 0 Å². The first kappa shape index (κ1) is 12.7. The van der Waals surface area contributed by atoms with Crippen molar-refractivity contribution in [2.24, 2.45) is 0 Å². The topological polar surface area (TPSA) is 40.8 Å². The molecule has 1 N–H and O–H groups in total. The van der Waals surface area contributed by atoms with Gasteiger partial charge in [0, 0.05) is 23.6 Å². The van der Waals surface area contributed by atoms with Gasteiger partial charge in [-0.05, 0) is 50.2 Å². The van der Waals surface area contributed by atoms with E-state index in [1.807, 2.05) is 18.2 Å². The molecule has 2 rings (SSSR count). The number of nitriles is 1. The largest absolute Gasteiger partial charge is 0.347 e. The van der Waals surface area contributed by atoms with Crippen molar-refractivity contribution in [2.75, 3.05) is 13.1 Å². The van der Waals surface area contributed by atoms with Crippen LogP contribution in [0.2, 0.25) is 0 Å². The first-order valence-corrected chi connectivity index (χ1v) is 6.55. The zero-order valence-electron chi connectivity index (χ0n) is 10.8. The number of aryl methyl sites for hydroxylation is 1. The SMILES string of the molecule is CCNCCCCn1ccc2cc(C#N)ccc21. The maximum Gasteiger partial charge on any atom is 0.0991 e. The Balaban J connectivity index is 1.99. The van der Waals surface area contributed by atoms with Gasteiger partial charge in [0.25, 0.3) is 0 Å². The molecule has 1 heterocycles. The highest BCUT2D eigenvalue weighted by atomic mass is 14.9. The van der Waals surface area contributed by atoms with E-state index in [9.17, 15) is 0 Å². The summed E-state index contributed by atoms with van der Waals surface area (Å²) in [4.78, 5) is 0. The summed E-state index contributed by atoms with van der Waals surface area (Å²) in [7, 11) is 0. The molecule has 0 fully saturated rings. The van der Waals surface area contributed by atoms with Gasteiger partial charge in [0.1, 0.15) is 0 Å². The second-order valence-electron chi connectivity index (χ2n) is 4.46. The summed E-state index contributed by atoms with van der Waals surface area (Å²) in [6.45, 7) is 5.31. The minimum Gasteiger partial charge on any atom is -0.347 e. The van der Waals surface area contributed by atoms with E-state index in [-0.39, 0.29) is 0 Å². The Bertz CT molecular complexity index is 548. The van der Waals surface area contributed by atoms with Crippen LogP contribution in [0.4, 0.5) is 0 Å². The van der Waals surface area contributed by atoms with Crippen LogP contribution in [0.5, 0.6) is 0 Å². The lowest BCUT2D eigenvalue weighted by atomic mass is 10.2. The van der Waals surface area contributed by atoms with Gasteiger partial charge in [-0.2, -0.15) is 5.26 Å². The van der Waals surface area contributed by atoms with Gasteiger partial charge in [-0.15, -0.1) is 0 Å². The van der Waals surface area contributed by atoms with Gasteiger partial charge in [-0.3, -0.25) is 0 Å². The normalized spacial score (nSPS) is 10.7. The zero-order chi connectivity index (χ0) is 12.8. The maximum absolute atomic E-state index is 8.86. The Morgan fingerprint density at radius 2 is 2.17 bits per heavy atom. The average molecular weight is 241 g/mol. The predicted octanol–water partition coefficient (Wildman–Crippen LogP) is 2.90. The molecule has 2 aromatic rings. The van der Waals surface area contributed by atoms with Crippen LogP contribution in [0.3, 0.4) is 0 Å². The summed E-state index contributed by atoms with van der Waals surface area (Å²) < 4.78 is 2.27. The monoisotopic (exact) mass is 241 g/mol. The third-order valence-corrected chi connectivity index (χ3v) is 3.15. The third-order valence-electron chi connectivity index (χ3n) is 3.15. The lowest BCUT2D eigenvalue weighted by Crippen LogP contribution is -2.14. The highest BCUT2D eigenvalue weighted by Gasteiger charge is 2.01. The van der Waals surface area contributed by atoms with Crippen LogP contribution < -0.4 is 5.32 Å². The van der Waals surface area contributed by atoms with E-state index >= 15 is 0 Å². The molecule has 0 amide bonds. The number of unbranched alkanes of at least 4 members (excludes halogenated alkanes) is 1. The van der Waals surface area contributed by atoms with Crippen molar-refractivity contribution >= 4 is 10.9 Å². The number of benzene rings is 1. The molecule has 0 bridgehead atoms. The lowest BCUT2D eigenvalue weighted by Gasteiger charge is -2.06. The minimum absolute atomic E-state index is 0.729. The summed E-state index contributed by atoms with van der Waals surface area (Å²) in [5.41, 5.74) is 1.95. The van der Waals surface area contributed by atoms with Crippen molar-refractivity contribution in [3.8, 4) is 6.07 Å². The van der Waals surface area contributed by atoms with Crippen molar-refractivity contribution in [3.05, 3.63) is 36.0 Å². The Morgan fingerprint density at radius 1 is 1.28 bits per heavy atom. The predicted molar refractivity (Wildman–Crippen MR) is 74.4 cm³/mol. The van der Waals surface area contributed by atoms with Gasteiger partial charge in [-0.25, -0.2) is 0 Å². The summed E-state index contributed by atoms with van der Waals surface area (Å²) in [5.74, 6) is 0. The van der Waals surface area contributed by atoms with Crippen molar-refractivity contribution in [1.82, 2.24) is 9.88 Å². The van der Waals surface area contributed by atoms with E-state index in [0.29, 0.717) is 0 Å². The highest BCUT2D eigenvalue weighted by Crippen LogP contribution is 2.17. The fourth-order valence-electron chi connectivity index (χ4n) is 2.17. The van der Waals surface area contributed by atoms with E-state index in [2.05, 4.69) is 35.1 Å². The first-order valence-electron chi connectivity index (χ1n) is 6.55. The summed E-state index contributed by atoms with van der Waals surface area (Å²) in [6, 6.07) is 10.1. The zero-order valence-corrected chi connectivity index (χ0v) is 10.8. The molecule has 1 aromatic carbocycles. The molecule has 0 aliphatic rings. The number of nitrogens with one attached hydrogen (secondary N) is 1. The third kappa shape index (κ3) is 2.91. The molecule has 94 valence electrons. The smallest absolute Gasteiger partial charge is 0.0991 e. The highest BCUT2D eigenvalue weighted by molar-refractivity contribution is 5.81. The van der Waals surface area contributed by atoms with E-state index in [1.165, 1.54) is 18.4 Å². The molecule has 18 heavy (non-hydrogen) atoms. The number of hydrogen-bond donors (Lipinski definition) is 1. The molecular weight excluding hydrogens is 222 g/mol. The summed E-state index contributed by atoms with van der Waals surface area (Å²) in [6.07, 6.45) is 4.49.